The summed E-state index contributed by atoms with van der Waals surface area (Å²) in [5.41, 5.74) is 0. The van der Waals surface area contributed by atoms with E-state index in [-0.39, 0.29) is 25.7 Å². The number of esters is 4. The fraction of sp³-hybridized carbons (Fsp3) is 0.942. The van der Waals surface area contributed by atoms with Crippen LogP contribution in [-0.4, -0.2) is 96.7 Å². The molecule has 0 rings (SSSR count). The second-order valence-electron chi connectivity index (χ2n) is 26.4. The minimum absolute atomic E-state index is 0.104. The fourth-order valence-electron chi connectivity index (χ4n) is 10.2. The Morgan fingerprint density at radius 2 is 0.545 bits per heavy atom. The molecule has 0 saturated heterocycles. The second kappa shape index (κ2) is 58.8. The van der Waals surface area contributed by atoms with Crippen molar-refractivity contribution in [2.75, 3.05) is 39.6 Å². The maximum Gasteiger partial charge on any atom is 0.472 e. The summed E-state index contributed by atoms with van der Waals surface area (Å²) in [7, 11) is -9.90. The summed E-state index contributed by atoms with van der Waals surface area (Å²) in [5, 5.41) is 10.6. The van der Waals surface area contributed by atoms with Crippen molar-refractivity contribution < 1.29 is 80.2 Å². The van der Waals surface area contributed by atoms with Crippen molar-refractivity contribution in [1.82, 2.24) is 0 Å². The van der Waals surface area contributed by atoms with Gasteiger partial charge in [0.2, 0.25) is 0 Å². The standard InChI is InChI=1S/C69H134O17P2/c1-9-61(7)47-39-31-23-19-20-24-33-41-49-66(71)79-55-64(85-68(73)51-43-35-25-17-13-11-15-21-29-37-45-59(3)4)57-83-87(75,76)81-53-63(70)54-82-88(77,78)84-58-65(56-80-67(72)50-42-34-28-27-32-40-48-62(8)10-2)86-69(74)52-44-36-26-18-14-12-16-22-30-38-46-60(5)6/h59-65,70H,9-58H2,1-8H3,(H,75,76)(H,77,78)/t61?,62?,63-,64-,65-/m1/s1. The molecule has 0 aromatic rings. The van der Waals surface area contributed by atoms with Gasteiger partial charge < -0.3 is 33.8 Å². The minimum atomic E-state index is -4.95. The van der Waals surface area contributed by atoms with Crippen LogP contribution in [-0.2, 0) is 65.4 Å². The lowest BCUT2D eigenvalue weighted by molar-refractivity contribution is -0.161. The largest absolute Gasteiger partial charge is 0.472 e. The first kappa shape index (κ1) is 86.1. The van der Waals surface area contributed by atoms with Gasteiger partial charge in [-0.3, -0.25) is 37.3 Å². The van der Waals surface area contributed by atoms with E-state index in [9.17, 15) is 43.2 Å². The number of phosphoric ester groups is 2. The van der Waals surface area contributed by atoms with E-state index < -0.39 is 97.5 Å². The number of hydrogen-bond acceptors (Lipinski definition) is 15. The fourth-order valence-corrected chi connectivity index (χ4v) is 11.8. The van der Waals surface area contributed by atoms with Crippen LogP contribution in [0.2, 0.25) is 0 Å². The molecule has 3 N–H and O–H groups in total. The van der Waals surface area contributed by atoms with Gasteiger partial charge in [0.25, 0.3) is 0 Å². The molecule has 0 aliphatic rings. The number of ether oxygens (including phenoxy) is 4. The Morgan fingerprint density at radius 3 is 0.807 bits per heavy atom. The average molecular weight is 1300 g/mol. The summed E-state index contributed by atoms with van der Waals surface area (Å²) in [4.78, 5) is 72.5. The van der Waals surface area contributed by atoms with Crippen LogP contribution in [0.4, 0.5) is 0 Å². The van der Waals surface area contributed by atoms with Crippen molar-refractivity contribution >= 4 is 39.5 Å². The maximum absolute atomic E-state index is 13.0. The zero-order chi connectivity index (χ0) is 65.4. The molecule has 0 fully saturated rings. The van der Waals surface area contributed by atoms with E-state index in [1.165, 1.54) is 135 Å². The van der Waals surface area contributed by atoms with Gasteiger partial charge in [-0.25, -0.2) is 9.13 Å². The Bertz CT molecular complexity index is 1750. The maximum atomic E-state index is 13.0. The topological polar surface area (TPSA) is 237 Å². The van der Waals surface area contributed by atoms with Crippen molar-refractivity contribution in [3.05, 3.63) is 0 Å². The van der Waals surface area contributed by atoms with Crippen LogP contribution in [0, 0.1) is 23.7 Å². The van der Waals surface area contributed by atoms with E-state index in [1.807, 2.05) is 0 Å². The Balaban J connectivity index is 5.28. The number of phosphoric acid groups is 2. The quantitative estimate of drug-likeness (QED) is 0.0222. The molecule has 7 atom stereocenters. The van der Waals surface area contributed by atoms with Crippen molar-refractivity contribution in [3.63, 3.8) is 0 Å². The third kappa shape index (κ3) is 60.3. The summed E-state index contributed by atoms with van der Waals surface area (Å²) in [6.45, 7) is 14.1. The molecule has 0 heterocycles. The molecule has 0 spiro atoms. The summed E-state index contributed by atoms with van der Waals surface area (Å²) < 4.78 is 68.2. The number of carbonyl (C=O) groups excluding carboxylic acids is 4. The third-order valence-corrected chi connectivity index (χ3v) is 18.4. The van der Waals surface area contributed by atoms with Gasteiger partial charge in [0.05, 0.1) is 26.4 Å². The van der Waals surface area contributed by atoms with Crippen molar-refractivity contribution in [1.29, 1.82) is 0 Å². The first-order valence-corrected chi connectivity index (χ1v) is 38.8. The Labute approximate surface area is 537 Å². The molecule has 0 aliphatic heterocycles. The molecular formula is C69H134O17P2. The van der Waals surface area contributed by atoms with Crippen molar-refractivity contribution in [2.45, 2.75) is 356 Å². The molecule has 4 unspecified atom stereocenters. The van der Waals surface area contributed by atoms with Gasteiger partial charge in [0.15, 0.2) is 12.2 Å². The smallest absolute Gasteiger partial charge is 0.462 e. The lowest BCUT2D eigenvalue weighted by Gasteiger charge is -2.21. The Hall–Kier alpha value is -1.94. The molecule has 0 aromatic heterocycles. The zero-order valence-corrected chi connectivity index (χ0v) is 59.1. The highest BCUT2D eigenvalue weighted by Crippen LogP contribution is 2.45. The normalized spacial score (nSPS) is 14.9. The highest BCUT2D eigenvalue weighted by Gasteiger charge is 2.30. The highest BCUT2D eigenvalue weighted by atomic mass is 31.2. The van der Waals surface area contributed by atoms with Gasteiger partial charge in [-0.2, -0.15) is 0 Å². The van der Waals surface area contributed by atoms with E-state index in [4.69, 9.17) is 37.0 Å². The van der Waals surface area contributed by atoms with Crippen LogP contribution < -0.4 is 0 Å². The monoisotopic (exact) mass is 1300 g/mol. The summed E-state index contributed by atoms with van der Waals surface area (Å²) in [6.07, 6.45) is 40.2. The molecule has 0 amide bonds. The number of carbonyl (C=O) groups is 4. The zero-order valence-electron chi connectivity index (χ0n) is 57.3. The molecule has 0 radical (unpaired) electrons. The summed E-state index contributed by atoms with van der Waals surface area (Å²) in [5.74, 6) is 0.881. The van der Waals surface area contributed by atoms with Crippen LogP contribution in [0.25, 0.3) is 0 Å². The summed E-state index contributed by atoms with van der Waals surface area (Å²) >= 11 is 0. The predicted octanol–water partition coefficient (Wildman–Crippen LogP) is 19.3. The number of rotatable bonds is 66. The van der Waals surface area contributed by atoms with Gasteiger partial charge in [-0.05, 0) is 49.4 Å². The van der Waals surface area contributed by atoms with Gasteiger partial charge >= 0.3 is 39.5 Å². The van der Waals surface area contributed by atoms with E-state index in [0.717, 1.165) is 120 Å². The van der Waals surface area contributed by atoms with Crippen LogP contribution in [0.5, 0.6) is 0 Å². The minimum Gasteiger partial charge on any atom is -0.462 e. The predicted molar refractivity (Wildman–Crippen MR) is 354 cm³/mol. The molecule has 17 nitrogen and oxygen atoms in total. The average Bonchev–Trinajstić information content (AvgIpc) is 3.53. The van der Waals surface area contributed by atoms with Crippen LogP contribution in [0.1, 0.15) is 338 Å². The van der Waals surface area contributed by atoms with Crippen LogP contribution in [0.3, 0.4) is 0 Å². The lowest BCUT2D eigenvalue weighted by atomic mass is 9.99. The van der Waals surface area contributed by atoms with Gasteiger partial charge in [0, 0.05) is 25.7 Å². The number of aliphatic hydroxyl groups is 1. The molecular weight excluding hydrogens is 1160 g/mol. The van der Waals surface area contributed by atoms with Gasteiger partial charge in [-0.1, -0.05) is 287 Å². The van der Waals surface area contributed by atoms with E-state index >= 15 is 0 Å². The van der Waals surface area contributed by atoms with Crippen molar-refractivity contribution in [2.24, 2.45) is 23.7 Å². The number of unbranched alkanes of at least 4 members (excludes halogenated alkanes) is 30. The Kier molecular flexibility index (Phi) is 57.6. The summed E-state index contributed by atoms with van der Waals surface area (Å²) in [6, 6.07) is 0. The molecule has 522 valence electrons. The Morgan fingerprint density at radius 1 is 0.318 bits per heavy atom. The van der Waals surface area contributed by atoms with E-state index in [1.54, 1.807) is 0 Å². The molecule has 0 aromatic carbocycles. The SMILES string of the molecule is CCC(C)CCCCCCCCCCC(=O)OC[C@H](COP(=O)(O)OC[C@@H](O)COP(=O)(O)OC[C@@H](COC(=O)CCCCCCCCC(C)CC)OC(=O)CCCCCCCCCCCCC(C)C)OC(=O)CCCCCCCCCCCCC(C)C. The first-order valence-electron chi connectivity index (χ1n) is 35.8. The van der Waals surface area contributed by atoms with Crippen LogP contribution >= 0.6 is 15.6 Å². The second-order valence-corrected chi connectivity index (χ2v) is 29.3. The van der Waals surface area contributed by atoms with Crippen molar-refractivity contribution in [3.8, 4) is 0 Å². The first-order chi connectivity index (χ1) is 42.2. The highest BCUT2D eigenvalue weighted by molar-refractivity contribution is 7.47. The lowest BCUT2D eigenvalue weighted by Crippen LogP contribution is -2.30. The third-order valence-electron chi connectivity index (χ3n) is 16.5. The molecule has 19 heteroatoms. The van der Waals surface area contributed by atoms with E-state index in [2.05, 4.69) is 55.4 Å². The van der Waals surface area contributed by atoms with Gasteiger partial charge in [-0.15, -0.1) is 0 Å². The molecule has 0 bridgehead atoms. The molecule has 0 aliphatic carbocycles. The molecule has 88 heavy (non-hydrogen) atoms. The molecule has 0 saturated carbocycles. The van der Waals surface area contributed by atoms with E-state index in [0.29, 0.717) is 25.7 Å². The van der Waals surface area contributed by atoms with Crippen LogP contribution in [0.15, 0.2) is 0 Å². The van der Waals surface area contributed by atoms with Gasteiger partial charge in [0.1, 0.15) is 19.3 Å². The number of aliphatic hydroxyl groups excluding tert-OH is 1. The number of hydrogen-bond donors (Lipinski definition) is 3.